The predicted molar refractivity (Wildman–Crippen MR) is 340 cm³/mol. The quantitative estimate of drug-likeness (QED) is 0.0244. The zero-order valence-electron chi connectivity index (χ0n) is 45.9. The number of aryl methyl sites for hydroxylation is 2. The van der Waals surface area contributed by atoms with Gasteiger partial charge >= 0.3 is 0 Å². The van der Waals surface area contributed by atoms with Crippen molar-refractivity contribution in [3.8, 4) is 46.0 Å². The molecule has 11 aromatic carbocycles. The molecule has 0 aliphatic rings. The summed E-state index contributed by atoms with van der Waals surface area (Å²) in [5, 5.41) is 4.12. The van der Waals surface area contributed by atoms with Crippen molar-refractivity contribution in [3.63, 3.8) is 0 Å². The van der Waals surface area contributed by atoms with E-state index in [-0.39, 0.29) is 108 Å². The second kappa shape index (κ2) is 20.2. The van der Waals surface area contributed by atoms with E-state index >= 15 is 4.79 Å². The van der Waals surface area contributed by atoms with E-state index in [1.807, 2.05) is 37.3 Å². The SMILES string of the molecule is C=C(C)c1cc(Oc2cccc(N)c2N)c2c3c(Oc4cccc(N)c4N)cc4c5c(cc(Oc6cccc(N)c6N)c(c6c(Oc7cccc(N)c7N)cc(C(C)=O)c1c62)c35)c(=O)n1c2ccccc2nc41.CCCc1ccccc1C. The number of ketones is 1. The summed E-state index contributed by atoms with van der Waals surface area (Å²) in [6.45, 7) is 12.1. The number of Topliss-reactive ketones (excluding diaryl/α,β-unsaturated/α-hetero) is 1. The number of para-hydroxylation sites is 6. The van der Waals surface area contributed by atoms with Crippen LogP contribution >= 0.6 is 0 Å². The average Bonchev–Trinajstić information content (AvgIpc) is 2.55. The Hall–Kier alpha value is -11.1. The zero-order chi connectivity index (χ0) is 58.3. The molecule has 83 heavy (non-hydrogen) atoms. The Bertz CT molecular complexity index is 4790. The lowest BCUT2D eigenvalue weighted by Crippen LogP contribution is -2.14. The number of pyridine rings is 1. The number of benzene rings is 11. The number of anilines is 8. The predicted octanol–water partition coefficient (Wildman–Crippen LogP) is 14.5. The molecule has 0 radical (unpaired) electrons. The van der Waals surface area contributed by atoms with Crippen molar-refractivity contribution in [1.82, 2.24) is 9.38 Å². The first kappa shape index (κ1) is 52.6. The Kier molecular flexibility index (Phi) is 12.8. The van der Waals surface area contributed by atoms with Crippen LogP contribution in [0.4, 0.5) is 45.5 Å². The van der Waals surface area contributed by atoms with Crippen LogP contribution in [0.3, 0.4) is 0 Å². The maximum absolute atomic E-state index is 15.5. The number of imidazole rings is 1. The van der Waals surface area contributed by atoms with E-state index in [0.29, 0.717) is 76.3 Å². The van der Waals surface area contributed by atoms with Crippen LogP contribution in [0.25, 0.3) is 76.1 Å². The van der Waals surface area contributed by atoms with Crippen molar-refractivity contribution in [3.05, 3.63) is 185 Å². The van der Waals surface area contributed by atoms with Gasteiger partial charge in [0.1, 0.15) is 28.6 Å². The van der Waals surface area contributed by atoms with E-state index in [0.717, 1.165) is 0 Å². The third-order valence-corrected chi connectivity index (χ3v) is 15.3. The van der Waals surface area contributed by atoms with E-state index in [1.165, 1.54) is 30.9 Å². The van der Waals surface area contributed by atoms with Gasteiger partial charge in [0, 0.05) is 54.0 Å². The van der Waals surface area contributed by atoms with Crippen molar-refractivity contribution < 1.29 is 23.7 Å². The Morgan fingerprint density at radius 1 is 0.482 bits per heavy atom. The average molecular weight is 1100 g/mol. The highest BCUT2D eigenvalue weighted by molar-refractivity contribution is 6.43. The molecule has 0 saturated heterocycles. The highest BCUT2D eigenvalue weighted by Crippen LogP contribution is 2.58. The zero-order valence-corrected chi connectivity index (χ0v) is 45.9. The molecular weight excluding hydrogens is 1040 g/mol. The Balaban J connectivity index is 0.000000617. The van der Waals surface area contributed by atoms with Gasteiger partial charge in [-0.15, -0.1) is 0 Å². The van der Waals surface area contributed by atoms with Gasteiger partial charge in [-0.1, -0.05) is 86.2 Å². The van der Waals surface area contributed by atoms with Crippen molar-refractivity contribution in [2.24, 2.45) is 0 Å². The summed E-state index contributed by atoms with van der Waals surface area (Å²) in [5.74, 6) is 1.24. The first-order valence-corrected chi connectivity index (χ1v) is 26.8. The molecule has 0 bridgehead atoms. The summed E-state index contributed by atoms with van der Waals surface area (Å²) >= 11 is 0. The number of hydrogen-bond acceptors (Lipinski definition) is 15. The second-order valence-corrected chi connectivity index (χ2v) is 20.7. The summed E-state index contributed by atoms with van der Waals surface area (Å²) < 4.78 is 29.6. The standard InChI is InChI=1S/C57H44N10O6.C10H14/c1-24(2)26-20-40(70-36-16-6-10-30(58)52(36)62)46-48-42(72-38-18-8-12-32(60)54(38)64)22-28-45-29(57(69)67-35-15-5-4-14-34(35)66-56(28)67)23-43(73-39-19-9-13-33(61)55(39)65)49(51(45)48)47-41(21-27(25(3)68)44(26)50(46)47)71-37-17-7-11-31(59)53(37)63;1-3-6-10-8-5-4-7-9(10)2/h4-23H,1,58-65H2,2-3H3;4-5,7-8H,3,6H2,1-2H3. The van der Waals surface area contributed by atoms with Crippen LogP contribution in [0.2, 0.25) is 0 Å². The smallest absolute Gasteiger partial charge is 0.264 e. The van der Waals surface area contributed by atoms with Crippen LogP contribution in [-0.2, 0) is 6.42 Å². The lowest BCUT2D eigenvalue weighted by molar-refractivity contribution is 0.101. The number of aromatic nitrogens is 2. The van der Waals surface area contributed by atoms with Crippen LogP contribution in [0, 0.1) is 6.92 Å². The van der Waals surface area contributed by atoms with Gasteiger partial charge in [0.25, 0.3) is 5.56 Å². The van der Waals surface area contributed by atoms with Crippen molar-refractivity contribution in [2.75, 3.05) is 45.9 Å². The minimum Gasteiger partial charge on any atom is -0.454 e. The largest absolute Gasteiger partial charge is 0.454 e. The molecular formula is C67H58N10O6. The molecule has 412 valence electrons. The van der Waals surface area contributed by atoms with Crippen LogP contribution in [-0.4, -0.2) is 15.2 Å². The molecule has 13 aromatic rings. The Morgan fingerprint density at radius 2 is 0.904 bits per heavy atom. The molecule has 16 heteroatoms. The number of nitrogens with zero attached hydrogens (tertiary/aromatic N) is 2. The van der Waals surface area contributed by atoms with Gasteiger partial charge in [-0.05, 0) is 129 Å². The number of nitrogen functional groups attached to an aromatic ring is 8. The van der Waals surface area contributed by atoms with Crippen molar-refractivity contribution >= 4 is 127 Å². The van der Waals surface area contributed by atoms with Crippen LogP contribution in [0.1, 0.15) is 54.2 Å². The molecule has 0 unspecified atom stereocenters. The summed E-state index contributed by atoms with van der Waals surface area (Å²) in [4.78, 5) is 35.0. The topological polar surface area (TPSA) is 297 Å². The first-order valence-electron chi connectivity index (χ1n) is 26.8. The maximum atomic E-state index is 15.5. The number of allylic oxidation sites excluding steroid dienone is 1. The van der Waals surface area contributed by atoms with Crippen molar-refractivity contribution in [1.29, 1.82) is 0 Å². The fourth-order valence-electron chi connectivity index (χ4n) is 11.2. The van der Waals surface area contributed by atoms with Gasteiger partial charge < -0.3 is 64.8 Å². The first-order chi connectivity index (χ1) is 39.9. The van der Waals surface area contributed by atoms with E-state index < -0.39 is 5.56 Å². The van der Waals surface area contributed by atoms with Crippen LogP contribution < -0.4 is 70.4 Å². The summed E-state index contributed by atoms with van der Waals surface area (Å²) in [5.41, 5.74) is 59.5. The molecule has 0 saturated carbocycles. The monoisotopic (exact) mass is 1100 g/mol. The van der Waals surface area contributed by atoms with Crippen LogP contribution in [0.15, 0.2) is 157 Å². The number of rotatable bonds is 12. The fourth-order valence-corrected chi connectivity index (χ4v) is 11.2. The van der Waals surface area contributed by atoms with E-state index in [1.54, 1.807) is 95.4 Å². The summed E-state index contributed by atoms with van der Waals surface area (Å²) in [7, 11) is 0. The van der Waals surface area contributed by atoms with Gasteiger partial charge in [0.05, 0.1) is 61.9 Å². The molecule has 0 aliphatic carbocycles. The third kappa shape index (κ3) is 8.59. The molecule has 13 rings (SSSR count). The van der Waals surface area contributed by atoms with Gasteiger partial charge in [-0.25, -0.2) is 4.98 Å². The molecule has 0 fully saturated rings. The second-order valence-electron chi connectivity index (χ2n) is 20.7. The Labute approximate surface area is 475 Å². The number of hydrogen-bond donors (Lipinski definition) is 8. The van der Waals surface area contributed by atoms with Gasteiger partial charge in [-0.3, -0.25) is 14.0 Å². The lowest BCUT2D eigenvalue weighted by Gasteiger charge is -2.26. The van der Waals surface area contributed by atoms with Crippen molar-refractivity contribution in [2.45, 2.75) is 40.5 Å². The minimum atomic E-state index is -0.402. The molecule has 2 heterocycles. The molecule has 16 nitrogen and oxygen atoms in total. The molecule has 0 aliphatic heterocycles. The molecule has 2 aromatic heterocycles. The normalized spacial score (nSPS) is 11.5. The lowest BCUT2D eigenvalue weighted by atomic mass is 9.82. The number of carbonyl (C=O) groups excluding carboxylic acids is 1. The highest BCUT2D eigenvalue weighted by atomic mass is 16.5. The highest BCUT2D eigenvalue weighted by Gasteiger charge is 2.33. The van der Waals surface area contributed by atoms with E-state index in [4.69, 9.17) is 69.8 Å². The molecule has 0 amide bonds. The van der Waals surface area contributed by atoms with E-state index in [9.17, 15) is 4.79 Å². The molecule has 16 N–H and O–H groups in total. The molecule has 0 spiro atoms. The van der Waals surface area contributed by atoms with Crippen LogP contribution in [0.5, 0.6) is 46.0 Å². The number of carbonyl (C=O) groups is 1. The number of nitrogens with two attached hydrogens (primary N) is 8. The summed E-state index contributed by atoms with van der Waals surface area (Å²) in [6.07, 6.45) is 2.46. The summed E-state index contributed by atoms with van der Waals surface area (Å²) in [6, 6.07) is 43.1. The minimum absolute atomic E-state index is 0.144. The maximum Gasteiger partial charge on any atom is 0.264 e. The Morgan fingerprint density at radius 3 is 1.36 bits per heavy atom. The van der Waals surface area contributed by atoms with Gasteiger partial charge in [0.2, 0.25) is 0 Å². The van der Waals surface area contributed by atoms with E-state index in [2.05, 4.69) is 44.7 Å². The van der Waals surface area contributed by atoms with Gasteiger partial charge in [-0.2, -0.15) is 0 Å². The number of ether oxygens (including phenoxy) is 4. The van der Waals surface area contributed by atoms with Gasteiger partial charge in [0.15, 0.2) is 28.8 Å². The fraction of sp³-hybridized carbons (Fsp3) is 0.0896. The molecule has 0 atom stereocenters. The number of fused-ring (bicyclic) bond motifs is 6. The third-order valence-electron chi connectivity index (χ3n) is 15.3.